The Balaban J connectivity index is 1.96. The maximum atomic E-state index is 12.2. The van der Waals surface area contributed by atoms with Gasteiger partial charge in [-0.05, 0) is 48.7 Å². The van der Waals surface area contributed by atoms with Crippen LogP contribution in [0.3, 0.4) is 0 Å². The molecule has 1 saturated heterocycles. The highest BCUT2D eigenvalue weighted by Crippen LogP contribution is 2.34. The Morgan fingerprint density at radius 1 is 1.21 bits per heavy atom. The van der Waals surface area contributed by atoms with Crippen LogP contribution >= 0.6 is 0 Å². The third-order valence-electron chi connectivity index (χ3n) is 3.82. The van der Waals surface area contributed by atoms with Crippen molar-refractivity contribution in [3.8, 4) is 0 Å². The lowest BCUT2D eigenvalue weighted by Crippen LogP contribution is -2.21. The monoisotopic (exact) mass is 278 g/mol. The number of sulfone groups is 1. The van der Waals surface area contributed by atoms with Gasteiger partial charge in [-0.3, -0.25) is 4.90 Å². The van der Waals surface area contributed by atoms with E-state index < -0.39 is 9.84 Å². The van der Waals surface area contributed by atoms with Crippen LogP contribution in [0.5, 0.6) is 0 Å². The second-order valence-electron chi connectivity index (χ2n) is 5.21. The molecule has 1 fully saturated rings. The summed E-state index contributed by atoms with van der Waals surface area (Å²) < 4.78 is 24.3. The Labute approximate surface area is 113 Å². The van der Waals surface area contributed by atoms with E-state index in [4.69, 9.17) is 5.73 Å². The van der Waals surface area contributed by atoms with Gasteiger partial charge in [0.15, 0.2) is 0 Å². The minimum atomic E-state index is -3.27. The molecular weight excluding hydrogens is 260 g/mol. The number of rotatable bonds is 3. The molecule has 5 heteroatoms. The van der Waals surface area contributed by atoms with Crippen LogP contribution in [0, 0.1) is 0 Å². The summed E-state index contributed by atoms with van der Waals surface area (Å²) in [5.41, 5.74) is 8.21. The quantitative estimate of drug-likeness (QED) is 0.907. The molecule has 0 atom stereocenters. The molecule has 3 rings (SSSR count). The Morgan fingerprint density at radius 2 is 1.95 bits per heavy atom. The van der Waals surface area contributed by atoms with Crippen LogP contribution < -0.4 is 5.73 Å². The van der Waals surface area contributed by atoms with Crippen LogP contribution in [0.15, 0.2) is 28.5 Å². The molecule has 102 valence electrons. The molecule has 0 bridgehead atoms. The van der Waals surface area contributed by atoms with E-state index in [1.807, 2.05) is 12.1 Å². The first kappa shape index (κ1) is 12.8. The lowest BCUT2D eigenvalue weighted by atomic mass is 10.1. The number of hydrogen-bond acceptors (Lipinski definition) is 4. The van der Waals surface area contributed by atoms with E-state index >= 15 is 0 Å². The minimum Gasteiger partial charge on any atom is -0.326 e. The number of benzene rings is 1. The topological polar surface area (TPSA) is 63.4 Å². The summed E-state index contributed by atoms with van der Waals surface area (Å²) in [5.74, 6) is 0. The van der Waals surface area contributed by atoms with E-state index in [2.05, 4.69) is 4.90 Å². The predicted molar refractivity (Wildman–Crippen MR) is 75.2 cm³/mol. The van der Waals surface area contributed by atoms with Gasteiger partial charge in [0.1, 0.15) is 0 Å². The second-order valence-corrected chi connectivity index (χ2v) is 6.97. The SMILES string of the molecule is NCc1ccc2c(c1)S(=O)(=O)C=C2CN1CCCC1. The lowest BCUT2D eigenvalue weighted by molar-refractivity contribution is 0.383. The van der Waals surface area contributed by atoms with Crippen LogP contribution in [-0.2, 0) is 16.4 Å². The van der Waals surface area contributed by atoms with Crippen LogP contribution in [0.2, 0.25) is 0 Å². The average molecular weight is 278 g/mol. The molecule has 0 aromatic heterocycles. The van der Waals surface area contributed by atoms with E-state index in [0.29, 0.717) is 11.4 Å². The number of fused-ring (bicyclic) bond motifs is 1. The molecule has 0 radical (unpaired) electrons. The van der Waals surface area contributed by atoms with Gasteiger partial charge in [0, 0.05) is 18.5 Å². The van der Waals surface area contributed by atoms with Gasteiger partial charge in [0.25, 0.3) is 0 Å². The molecule has 0 aliphatic carbocycles. The summed E-state index contributed by atoms with van der Waals surface area (Å²) >= 11 is 0. The molecule has 1 aromatic rings. The molecule has 2 aliphatic rings. The van der Waals surface area contributed by atoms with Crippen molar-refractivity contribution < 1.29 is 8.42 Å². The van der Waals surface area contributed by atoms with Crippen LogP contribution in [0.1, 0.15) is 24.0 Å². The normalized spacial score (nSPS) is 21.4. The first-order valence-corrected chi connectivity index (χ1v) is 8.16. The van der Waals surface area contributed by atoms with E-state index in [1.54, 1.807) is 6.07 Å². The molecule has 2 aliphatic heterocycles. The van der Waals surface area contributed by atoms with Crippen LogP contribution in [0.4, 0.5) is 0 Å². The van der Waals surface area contributed by atoms with Crippen molar-refractivity contribution in [3.63, 3.8) is 0 Å². The van der Waals surface area contributed by atoms with E-state index in [1.165, 1.54) is 18.2 Å². The summed E-state index contributed by atoms with van der Waals surface area (Å²) in [6.45, 7) is 3.22. The second kappa shape index (κ2) is 4.74. The van der Waals surface area contributed by atoms with Crippen molar-refractivity contribution >= 4 is 15.4 Å². The fraction of sp³-hybridized carbons (Fsp3) is 0.429. The molecule has 0 spiro atoms. The average Bonchev–Trinajstić information content (AvgIpc) is 2.97. The Morgan fingerprint density at radius 3 is 2.63 bits per heavy atom. The molecule has 2 N–H and O–H groups in total. The van der Waals surface area contributed by atoms with Crippen molar-refractivity contribution in [1.82, 2.24) is 4.90 Å². The van der Waals surface area contributed by atoms with Gasteiger partial charge in [-0.2, -0.15) is 0 Å². The number of nitrogens with zero attached hydrogens (tertiary/aromatic N) is 1. The fourth-order valence-electron chi connectivity index (χ4n) is 2.81. The first-order valence-electron chi connectivity index (χ1n) is 6.61. The maximum absolute atomic E-state index is 12.2. The summed E-state index contributed by atoms with van der Waals surface area (Å²) in [6.07, 6.45) is 2.41. The number of nitrogens with two attached hydrogens (primary N) is 1. The molecule has 4 nitrogen and oxygen atoms in total. The zero-order chi connectivity index (χ0) is 13.5. The fourth-order valence-corrected chi connectivity index (χ4v) is 4.34. The van der Waals surface area contributed by atoms with Crippen molar-refractivity contribution in [2.75, 3.05) is 19.6 Å². The third kappa shape index (κ3) is 2.33. The Kier molecular flexibility index (Phi) is 3.20. The molecular formula is C14H18N2O2S. The third-order valence-corrected chi connectivity index (χ3v) is 5.37. The van der Waals surface area contributed by atoms with Crippen molar-refractivity contribution in [3.05, 3.63) is 34.7 Å². The maximum Gasteiger partial charge on any atom is 0.200 e. The van der Waals surface area contributed by atoms with Gasteiger partial charge >= 0.3 is 0 Å². The van der Waals surface area contributed by atoms with E-state index in [-0.39, 0.29) is 0 Å². The van der Waals surface area contributed by atoms with Crippen molar-refractivity contribution in [2.24, 2.45) is 5.73 Å². The van der Waals surface area contributed by atoms with Crippen molar-refractivity contribution in [1.29, 1.82) is 0 Å². The first-order chi connectivity index (χ1) is 9.10. The highest BCUT2D eigenvalue weighted by atomic mass is 32.2. The van der Waals surface area contributed by atoms with Crippen molar-refractivity contribution in [2.45, 2.75) is 24.3 Å². The number of likely N-dealkylation sites (tertiary alicyclic amines) is 1. The predicted octanol–water partition coefficient (Wildman–Crippen LogP) is 1.37. The van der Waals surface area contributed by atoms with Gasteiger partial charge in [0.05, 0.1) is 4.90 Å². The van der Waals surface area contributed by atoms with Gasteiger partial charge in [0.2, 0.25) is 9.84 Å². The van der Waals surface area contributed by atoms with Gasteiger partial charge in [-0.15, -0.1) is 0 Å². The summed E-state index contributed by atoms with van der Waals surface area (Å²) in [4.78, 5) is 2.73. The zero-order valence-electron chi connectivity index (χ0n) is 10.8. The summed E-state index contributed by atoms with van der Waals surface area (Å²) in [5, 5.41) is 1.43. The highest BCUT2D eigenvalue weighted by Gasteiger charge is 2.28. The molecule has 1 aromatic carbocycles. The van der Waals surface area contributed by atoms with Crippen LogP contribution in [0.25, 0.3) is 5.57 Å². The molecule has 2 heterocycles. The van der Waals surface area contributed by atoms with Crippen LogP contribution in [-0.4, -0.2) is 33.0 Å². The number of hydrogen-bond donors (Lipinski definition) is 1. The van der Waals surface area contributed by atoms with Gasteiger partial charge < -0.3 is 5.73 Å². The molecule has 0 saturated carbocycles. The summed E-state index contributed by atoms with van der Waals surface area (Å²) in [7, 11) is -3.27. The minimum absolute atomic E-state index is 0.365. The molecule has 0 unspecified atom stereocenters. The molecule has 0 amide bonds. The summed E-state index contributed by atoms with van der Waals surface area (Å²) in [6, 6.07) is 5.51. The van der Waals surface area contributed by atoms with Gasteiger partial charge in [-0.1, -0.05) is 12.1 Å². The smallest absolute Gasteiger partial charge is 0.200 e. The van der Waals surface area contributed by atoms with Gasteiger partial charge in [-0.25, -0.2) is 8.42 Å². The highest BCUT2D eigenvalue weighted by molar-refractivity contribution is 7.95. The van der Waals surface area contributed by atoms with E-state index in [0.717, 1.165) is 36.3 Å². The molecule has 19 heavy (non-hydrogen) atoms. The van der Waals surface area contributed by atoms with E-state index in [9.17, 15) is 8.42 Å². The Bertz CT molecular complexity index is 629. The zero-order valence-corrected chi connectivity index (χ0v) is 11.6. The lowest BCUT2D eigenvalue weighted by Gasteiger charge is -2.15. The standard InChI is InChI=1S/C14H18N2O2S/c15-8-11-3-4-13-12(9-16-5-1-2-6-16)10-19(17,18)14(13)7-11/h3-4,7,10H,1-2,5-6,8-9,15H2. The largest absolute Gasteiger partial charge is 0.326 e. The Hall–Kier alpha value is -1.17.